The van der Waals surface area contributed by atoms with Gasteiger partial charge in [0, 0.05) is 22.1 Å². The number of allylic oxidation sites excluding steroid dienone is 1. The monoisotopic (exact) mass is 295 g/mol. The molecule has 3 heteroatoms. The van der Waals surface area contributed by atoms with Gasteiger partial charge < -0.3 is 5.73 Å². The van der Waals surface area contributed by atoms with Crippen molar-refractivity contribution in [1.29, 1.82) is 0 Å². The van der Waals surface area contributed by atoms with Gasteiger partial charge in [0.05, 0.1) is 0 Å². The van der Waals surface area contributed by atoms with Gasteiger partial charge in [-0.3, -0.25) is 4.79 Å². The number of anilines is 1. The van der Waals surface area contributed by atoms with Gasteiger partial charge >= 0.3 is 0 Å². The van der Waals surface area contributed by atoms with Crippen LogP contribution in [0.2, 0.25) is 0 Å². The zero-order chi connectivity index (χ0) is 12.7. The fourth-order valence-electron chi connectivity index (χ4n) is 1.64. The fourth-order valence-corrected chi connectivity index (χ4v) is 2.11. The van der Waals surface area contributed by atoms with Crippen LogP contribution in [0, 0.1) is 0 Å². The van der Waals surface area contributed by atoms with E-state index in [2.05, 4.69) is 22.5 Å². The van der Waals surface area contributed by atoms with Crippen LogP contribution in [0.25, 0.3) is 0 Å². The number of benzene rings is 1. The first-order chi connectivity index (χ1) is 8.15. The SMILES string of the molecule is C=CCCCCCC(=O)c1cc(N)ccc1Br. The maximum absolute atomic E-state index is 11.9. The number of hydrogen-bond donors (Lipinski definition) is 1. The molecule has 2 N–H and O–H groups in total. The third-order valence-electron chi connectivity index (χ3n) is 2.60. The molecule has 17 heavy (non-hydrogen) atoms. The Balaban J connectivity index is 2.46. The molecule has 0 unspecified atom stereocenters. The Morgan fingerprint density at radius 3 is 2.82 bits per heavy atom. The van der Waals surface area contributed by atoms with Crippen molar-refractivity contribution in [3.8, 4) is 0 Å². The second-order valence-corrected chi connectivity index (χ2v) is 4.90. The van der Waals surface area contributed by atoms with E-state index < -0.39 is 0 Å². The van der Waals surface area contributed by atoms with Gasteiger partial charge in [-0.15, -0.1) is 6.58 Å². The minimum atomic E-state index is 0.155. The lowest BCUT2D eigenvalue weighted by molar-refractivity contribution is 0.0978. The third kappa shape index (κ3) is 4.73. The van der Waals surface area contributed by atoms with Gasteiger partial charge in [0.25, 0.3) is 0 Å². The van der Waals surface area contributed by atoms with Crippen LogP contribution in [0.3, 0.4) is 0 Å². The van der Waals surface area contributed by atoms with Crippen molar-refractivity contribution in [1.82, 2.24) is 0 Å². The first-order valence-electron chi connectivity index (χ1n) is 5.84. The topological polar surface area (TPSA) is 43.1 Å². The molecule has 0 saturated heterocycles. The zero-order valence-corrected chi connectivity index (χ0v) is 11.5. The second kappa shape index (κ2) is 7.28. The predicted molar refractivity (Wildman–Crippen MR) is 76.2 cm³/mol. The summed E-state index contributed by atoms with van der Waals surface area (Å²) in [6.45, 7) is 3.68. The van der Waals surface area contributed by atoms with Gasteiger partial charge in [-0.2, -0.15) is 0 Å². The summed E-state index contributed by atoms with van der Waals surface area (Å²) in [6.07, 6.45) is 6.62. The van der Waals surface area contributed by atoms with Crippen LogP contribution in [-0.4, -0.2) is 5.78 Å². The Kier molecular flexibility index (Phi) is 5.98. The van der Waals surface area contributed by atoms with Gasteiger partial charge in [-0.05, 0) is 37.5 Å². The van der Waals surface area contributed by atoms with Crippen LogP contribution in [0.15, 0.2) is 35.3 Å². The van der Waals surface area contributed by atoms with Crippen LogP contribution in [0.4, 0.5) is 5.69 Å². The fraction of sp³-hybridized carbons (Fsp3) is 0.357. The number of carbonyl (C=O) groups excluding carboxylic acids is 1. The molecule has 1 aromatic carbocycles. The molecule has 0 heterocycles. The van der Waals surface area contributed by atoms with Crippen LogP contribution in [0.1, 0.15) is 42.5 Å². The van der Waals surface area contributed by atoms with Gasteiger partial charge in [0.2, 0.25) is 0 Å². The van der Waals surface area contributed by atoms with E-state index in [0.717, 1.165) is 30.2 Å². The van der Waals surface area contributed by atoms with Gasteiger partial charge in [-0.25, -0.2) is 0 Å². The van der Waals surface area contributed by atoms with E-state index in [1.54, 1.807) is 12.1 Å². The highest BCUT2D eigenvalue weighted by atomic mass is 79.9. The van der Waals surface area contributed by atoms with Crippen molar-refractivity contribution in [3.63, 3.8) is 0 Å². The lowest BCUT2D eigenvalue weighted by atomic mass is 10.0. The molecule has 0 spiro atoms. The molecule has 0 saturated carbocycles. The van der Waals surface area contributed by atoms with Crippen molar-refractivity contribution in [2.45, 2.75) is 32.1 Å². The molecule has 0 aromatic heterocycles. The number of unbranched alkanes of at least 4 members (excludes halogenated alkanes) is 3. The molecule has 0 aliphatic heterocycles. The Labute approximate surface area is 111 Å². The second-order valence-electron chi connectivity index (χ2n) is 4.05. The van der Waals surface area contributed by atoms with Crippen LogP contribution in [-0.2, 0) is 0 Å². The molecule has 0 radical (unpaired) electrons. The number of hydrogen-bond acceptors (Lipinski definition) is 2. The maximum atomic E-state index is 11.9. The summed E-state index contributed by atoms with van der Waals surface area (Å²) < 4.78 is 0.822. The highest BCUT2D eigenvalue weighted by Gasteiger charge is 2.09. The highest BCUT2D eigenvalue weighted by molar-refractivity contribution is 9.10. The van der Waals surface area contributed by atoms with Crippen molar-refractivity contribution >= 4 is 27.4 Å². The standard InChI is InChI=1S/C14H18BrNO/c1-2-3-4-5-6-7-14(17)12-10-11(16)8-9-13(12)15/h2,8-10H,1,3-7,16H2. The molecule has 0 aliphatic carbocycles. The van der Waals surface area contributed by atoms with Crippen molar-refractivity contribution in [2.75, 3.05) is 5.73 Å². The van der Waals surface area contributed by atoms with E-state index in [9.17, 15) is 4.79 Å². The summed E-state index contributed by atoms with van der Waals surface area (Å²) in [6, 6.07) is 5.33. The number of carbonyl (C=O) groups is 1. The number of nitrogens with two attached hydrogens (primary N) is 1. The number of rotatable bonds is 7. The highest BCUT2D eigenvalue weighted by Crippen LogP contribution is 2.21. The molecule has 1 aromatic rings. The quantitative estimate of drug-likeness (QED) is 0.352. The van der Waals surface area contributed by atoms with Gasteiger partial charge in [0.1, 0.15) is 0 Å². The smallest absolute Gasteiger partial charge is 0.164 e. The molecule has 2 nitrogen and oxygen atoms in total. The molecule has 1 rings (SSSR count). The molecule has 0 aliphatic rings. The predicted octanol–water partition coefficient (Wildman–Crippen LogP) is 4.35. The molecule has 0 atom stereocenters. The molecule has 92 valence electrons. The van der Waals surface area contributed by atoms with Crippen molar-refractivity contribution in [2.24, 2.45) is 0 Å². The lowest BCUT2D eigenvalue weighted by Crippen LogP contribution is -2.01. The number of nitrogen functional groups attached to an aromatic ring is 1. The first-order valence-corrected chi connectivity index (χ1v) is 6.63. The average molecular weight is 296 g/mol. The summed E-state index contributed by atoms with van der Waals surface area (Å²) in [7, 11) is 0. The van der Waals surface area contributed by atoms with Gasteiger partial charge in [-0.1, -0.05) is 28.4 Å². The molecular formula is C14H18BrNO. The van der Waals surface area contributed by atoms with Crippen LogP contribution >= 0.6 is 15.9 Å². The van der Waals surface area contributed by atoms with E-state index in [1.165, 1.54) is 0 Å². The number of Topliss-reactive ketones (excluding diaryl/α,β-unsaturated/α-hetero) is 1. The van der Waals surface area contributed by atoms with E-state index in [4.69, 9.17) is 5.73 Å². The van der Waals surface area contributed by atoms with Crippen LogP contribution < -0.4 is 5.73 Å². The summed E-state index contributed by atoms with van der Waals surface area (Å²) in [5.74, 6) is 0.155. The molecule has 0 fully saturated rings. The lowest BCUT2D eigenvalue weighted by Gasteiger charge is -2.05. The Morgan fingerprint density at radius 2 is 2.12 bits per heavy atom. The zero-order valence-electron chi connectivity index (χ0n) is 9.92. The van der Waals surface area contributed by atoms with E-state index in [-0.39, 0.29) is 5.78 Å². The normalized spacial score (nSPS) is 10.2. The number of halogens is 1. The molecule has 0 amide bonds. The Morgan fingerprint density at radius 1 is 1.35 bits per heavy atom. The number of ketones is 1. The average Bonchev–Trinajstić information content (AvgIpc) is 2.32. The Hall–Kier alpha value is -1.09. The molecule has 0 bridgehead atoms. The summed E-state index contributed by atoms with van der Waals surface area (Å²) in [5, 5.41) is 0. The molecular weight excluding hydrogens is 278 g/mol. The summed E-state index contributed by atoms with van der Waals surface area (Å²) >= 11 is 3.38. The minimum absolute atomic E-state index is 0.155. The third-order valence-corrected chi connectivity index (χ3v) is 3.29. The first kappa shape index (κ1) is 14.0. The largest absolute Gasteiger partial charge is 0.399 e. The van der Waals surface area contributed by atoms with E-state index >= 15 is 0 Å². The van der Waals surface area contributed by atoms with Crippen LogP contribution in [0.5, 0.6) is 0 Å². The summed E-state index contributed by atoms with van der Waals surface area (Å²) in [4.78, 5) is 11.9. The van der Waals surface area contributed by atoms with Crippen molar-refractivity contribution in [3.05, 3.63) is 40.9 Å². The minimum Gasteiger partial charge on any atom is -0.399 e. The maximum Gasteiger partial charge on any atom is 0.164 e. The Bertz CT molecular complexity index is 401. The van der Waals surface area contributed by atoms with E-state index in [0.29, 0.717) is 17.7 Å². The van der Waals surface area contributed by atoms with Crippen molar-refractivity contribution < 1.29 is 4.79 Å². The van der Waals surface area contributed by atoms with Gasteiger partial charge in [0.15, 0.2) is 5.78 Å². The summed E-state index contributed by atoms with van der Waals surface area (Å²) in [5.41, 5.74) is 6.99. The van der Waals surface area contributed by atoms with E-state index in [1.807, 2.05) is 12.1 Å².